The number of rotatable bonds is 50. The van der Waals surface area contributed by atoms with Crippen molar-refractivity contribution in [1.82, 2.24) is 0 Å². The summed E-state index contributed by atoms with van der Waals surface area (Å²) in [7, 11) is 0. The van der Waals surface area contributed by atoms with Gasteiger partial charge in [-0.15, -0.1) is 188 Å². The van der Waals surface area contributed by atoms with Crippen molar-refractivity contribution in [2.45, 2.75) is 295 Å². The highest BCUT2D eigenvalue weighted by atomic mass is 32.3. The first kappa shape index (κ1) is 85.0. The van der Waals surface area contributed by atoms with Crippen molar-refractivity contribution >= 4 is 200 Å². The van der Waals surface area contributed by atoms with Crippen LogP contribution in [0, 0.1) is 11.8 Å². The second-order valence-electron chi connectivity index (χ2n) is 24.3. The summed E-state index contributed by atoms with van der Waals surface area (Å²) in [6.07, 6.45) is 19.9. The van der Waals surface area contributed by atoms with Gasteiger partial charge in [0.05, 0.1) is 9.49 Å². The highest BCUT2D eigenvalue weighted by Gasteiger charge is 2.77. The molecule has 0 aromatic heterocycles. The SMILES string of the molecule is CCCCCSC(SC(C)(C)C)(SC(SCCCCC)(SC(C)(C)C)C(SCCCC)(SCC(C)C)C(C)(SC(C)C)C(SC)(SCC)SCCC)C(SCCCC)(SCC(C)C)C(C)(SC(C)C)C(SC)(SCC)SCCC. The van der Waals surface area contributed by atoms with Crippen molar-refractivity contribution in [3.05, 3.63) is 0 Å². The molecule has 0 aliphatic carbocycles. The maximum atomic E-state index is 2.89. The van der Waals surface area contributed by atoms with Crippen LogP contribution in [0.3, 0.4) is 0 Å². The molecule has 0 aromatic rings. The van der Waals surface area contributed by atoms with Crippen LogP contribution in [0.1, 0.15) is 243 Å². The minimum absolute atomic E-state index is 0.0399. The summed E-state index contributed by atoms with van der Waals surface area (Å²) >= 11 is 40.9. The first-order valence-corrected chi connectivity index (χ1v) is 47.4. The Labute approximate surface area is 569 Å². The van der Waals surface area contributed by atoms with Gasteiger partial charge in [-0.2, -0.15) is 0 Å². The van der Waals surface area contributed by atoms with Crippen LogP contribution in [0.5, 0.6) is 0 Å². The smallest absolute Gasteiger partial charge is 0.135 e. The molecule has 0 nitrogen and oxygen atoms in total. The molecule has 0 saturated heterocycles. The molecule has 0 heterocycles. The van der Waals surface area contributed by atoms with Crippen molar-refractivity contribution < 1.29 is 0 Å². The van der Waals surface area contributed by atoms with Crippen LogP contribution in [0.25, 0.3) is 0 Å². The van der Waals surface area contributed by atoms with Gasteiger partial charge >= 0.3 is 0 Å². The van der Waals surface area contributed by atoms with Crippen molar-refractivity contribution in [3.63, 3.8) is 0 Å². The van der Waals surface area contributed by atoms with Gasteiger partial charge in [0.1, 0.15) is 21.8 Å². The number of hydrogen-bond donors (Lipinski definition) is 0. The zero-order valence-electron chi connectivity index (χ0n) is 55.8. The van der Waals surface area contributed by atoms with Gasteiger partial charge in [-0.3, -0.25) is 0 Å². The normalized spacial score (nSPS) is 19.2. The van der Waals surface area contributed by atoms with E-state index < -0.39 is 0 Å². The quantitative estimate of drug-likeness (QED) is 0.0419. The Morgan fingerprint density at radius 3 is 0.848 bits per heavy atom. The van der Waals surface area contributed by atoms with Gasteiger partial charge in [-0.05, 0) is 145 Å². The van der Waals surface area contributed by atoms with Crippen LogP contribution >= 0.6 is 200 Å². The van der Waals surface area contributed by atoms with E-state index in [1.54, 1.807) is 0 Å². The molecule has 0 aromatic carbocycles. The van der Waals surface area contributed by atoms with E-state index in [-0.39, 0.29) is 40.8 Å². The van der Waals surface area contributed by atoms with Gasteiger partial charge in [0.25, 0.3) is 0 Å². The summed E-state index contributed by atoms with van der Waals surface area (Å²) in [5.74, 6) is 12.7. The van der Waals surface area contributed by atoms with E-state index in [1.165, 1.54) is 112 Å². The van der Waals surface area contributed by atoms with E-state index in [4.69, 9.17) is 0 Å². The first-order chi connectivity index (χ1) is 36.9. The molecule has 17 heteroatoms. The average molecular weight is 1420 g/mol. The molecule has 0 aliphatic rings. The molecule has 0 aliphatic heterocycles. The van der Waals surface area contributed by atoms with Crippen LogP contribution in [0.2, 0.25) is 0 Å². The molecule has 0 saturated carbocycles. The summed E-state index contributed by atoms with van der Waals surface area (Å²) in [5, 5.41) is 0.901. The van der Waals surface area contributed by atoms with E-state index in [1.807, 2.05) is 0 Å². The topological polar surface area (TPSA) is 0 Å². The summed E-state index contributed by atoms with van der Waals surface area (Å²) in [5.41, 5.74) is 0. The van der Waals surface area contributed by atoms with Crippen LogP contribution in [-0.2, 0) is 0 Å². The number of thioether (sulfide) groups is 17. The van der Waals surface area contributed by atoms with Gasteiger partial charge in [0, 0.05) is 9.49 Å². The fraction of sp³-hybridized carbons (Fsp3) is 1.00. The maximum absolute atomic E-state index is 2.89. The largest absolute Gasteiger partial charge is 0.147 e. The molecule has 8 unspecified atom stereocenters. The molecule has 8 atom stereocenters. The summed E-state index contributed by atoms with van der Waals surface area (Å²) in [6.45, 7) is 61.5. The standard InChI is InChI=1S/C62H126S17/c1-27-35-39-45-71-61(77-53(17,18)19,57(67-43-37-29-3,73-47-49(9)10)55(23,75-51(13)14)59(63-25,65-33-7)69-41-31-5)79-62(78-54(20,21)22,72-46-40-36-28-2)58(68-44-38-30-4,74-48-50(11)12)56(24,76-52(15)16)60(64-26,66-34-8)70-42-32-6/h49-52H,27-48H2,1-26H3. The fourth-order valence-electron chi connectivity index (χ4n) is 9.34. The van der Waals surface area contributed by atoms with Crippen molar-refractivity contribution in [2.75, 3.05) is 70.0 Å². The van der Waals surface area contributed by atoms with E-state index in [2.05, 4.69) is 379 Å². The van der Waals surface area contributed by atoms with Gasteiger partial charge in [0.2, 0.25) is 0 Å². The van der Waals surface area contributed by atoms with E-state index >= 15 is 0 Å². The van der Waals surface area contributed by atoms with E-state index in [0.29, 0.717) is 22.3 Å². The van der Waals surface area contributed by atoms with Crippen LogP contribution < -0.4 is 0 Å². The Balaban J connectivity index is 11.5. The molecule has 79 heavy (non-hydrogen) atoms. The highest BCUT2D eigenvalue weighted by molar-refractivity contribution is 8.46. The lowest BCUT2D eigenvalue weighted by Gasteiger charge is -2.68. The monoisotopic (exact) mass is 1410 g/mol. The predicted molar refractivity (Wildman–Crippen MR) is 423 cm³/mol. The van der Waals surface area contributed by atoms with E-state index in [0.717, 1.165) is 23.0 Å². The third kappa shape index (κ3) is 25.1. The van der Waals surface area contributed by atoms with Crippen LogP contribution in [0.4, 0.5) is 0 Å². The van der Waals surface area contributed by atoms with Gasteiger partial charge in [-0.1, -0.05) is 203 Å². The molecule has 0 fully saturated rings. The molecule has 0 N–H and O–H groups in total. The molecular weight excluding hydrogens is 1290 g/mol. The lowest BCUT2D eigenvalue weighted by atomic mass is 10.1. The molecule has 0 radical (unpaired) electrons. The molecule has 476 valence electrons. The summed E-state index contributed by atoms with van der Waals surface area (Å²) in [6, 6.07) is 0. The molecular formula is C62H126S17. The summed E-state index contributed by atoms with van der Waals surface area (Å²) < 4.78 is -1.85. The maximum Gasteiger partial charge on any atom is 0.135 e. The first-order valence-electron chi connectivity index (χ1n) is 30.8. The van der Waals surface area contributed by atoms with Gasteiger partial charge in [0.15, 0.2) is 0 Å². The lowest BCUT2D eigenvalue weighted by Crippen LogP contribution is -2.69. The molecule has 0 amide bonds. The molecule has 0 spiro atoms. The number of unbranched alkanes of at least 4 members (excludes halogenated alkanes) is 6. The predicted octanol–water partition coefficient (Wildman–Crippen LogP) is 26.8. The zero-order valence-corrected chi connectivity index (χ0v) is 69.7. The Bertz CT molecular complexity index is 1430. The van der Waals surface area contributed by atoms with Crippen molar-refractivity contribution in [2.24, 2.45) is 11.8 Å². The molecule has 0 rings (SSSR count). The minimum Gasteiger partial charge on any atom is -0.147 e. The Morgan fingerprint density at radius 1 is 0.304 bits per heavy atom. The molecule has 0 bridgehead atoms. The number of hydrogen-bond acceptors (Lipinski definition) is 17. The lowest BCUT2D eigenvalue weighted by molar-refractivity contribution is 0.586. The minimum atomic E-state index is -0.319. The second kappa shape index (κ2) is 42.2. The fourth-order valence-corrected chi connectivity index (χ4v) is 49.3. The van der Waals surface area contributed by atoms with Crippen molar-refractivity contribution in [3.8, 4) is 0 Å². The van der Waals surface area contributed by atoms with E-state index in [9.17, 15) is 0 Å². The third-order valence-electron chi connectivity index (χ3n) is 12.4. The van der Waals surface area contributed by atoms with Gasteiger partial charge in [-0.25, -0.2) is 0 Å². The van der Waals surface area contributed by atoms with Gasteiger partial charge < -0.3 is 0 Å². The zero-order chi connectivity index (χ0) is 60.9. The van der Waals surface area contributed by atoms with Crippen molar-refractivity contribution in [1.29, 1.82) is 0 Å². The summed E-state index contributed by atoms with van der Waals surface area (Å²) in [4.78, 5) is 0. The Kier molecular flexibility index (Phi) is 45.4. The van der Waals surface area contributed by atoms with Crippen LogP contribution in [-0.4, -0.2) is 121 Å². The Morgan fingerprint density at radius 2 is 0.608 bits per heavy atom. The third-order valence-corrected chi connectivity index (χ3v) is 47.9. The highest BCUT2D eigenvalue weighted by Crippen LogP contribution is 2.84. The Hall–Kier alpha value is 5.95. The second-order valence-corrected chi connectivity index (χ2v) is 52.7. The average Bonchev–Trinajstić information content (AvgIpc) is 3.34. The van der Waals surface area contributed by atoms with Crippen LogP contribution in [0.15, 0.2) is 0 Å².